The van der Waals surface area contributed by atoms with Crippen molar-refractivity contribution < 1.29 is 9.84 Å². The summed E-state index contributed by atoms with van der Waals surface area (Å²) in [4.78, 5) is 0. The fraction of sp³-hybridized carbons (Fsp3) is 0.647. The molecule has 1 saturated carbocycles. The van der Waals surface area contributed by atoms with Gasteiger partial charge in [-0.05, 0) is 56.2 Å². The molecule has 0 aliphatic heterocycles. The first-order chi connectivity index (χ1) is 9.60. The lowest BCUT2D eigenvalue weighted by molar-refractivity contribution is -0.0125. The second-order valence-corrected chi connectivity index (χ2v) is 6.33. The van der Waals surface area contributed by atoms with E-state index in [1.165, 1.54) is 11.1 Å². The van der Waals surface area contributed by atoms with Gasteiger partial charge in [-0.3, -0.25) is 0 Å². The number of hydrogen-bond donors (Lipinski definition) is 2. The minimum atomic E-state index is 0.299. The summed E-state index contributed by atoms with van der Waals surface area (Å²) < 4.78 is 5.62. The van der Waals surface area contributed by atoms with Crippen molar-refractivity contribution in [1.82, 2.24) is 5.32 Å². The van der Waals surface area contributed by atoms with Crippen molar-refractivity contribution in [2.24, 2.45) is 0 Å². The van der Waals surface area contributed by atoms with Crippen molar-refractivity contribution in [3.05, 3.63) is 28.8 Å². The molecule has 0 amide bonds. The summed E-state index contributed by atoms with van der Waals surface area (Å²) in [7, 11) is 0. The summed E-state index contributed by atoms with van der Waals surface area (Å²) in [5.41, 5.74) is 3.79. The first-order valence-electron chi connectivity index (χ1n) is 7.80. The predicted octanol–water partition coefficient (Wildman–Crippen LogP) is 3.41. The molecule has 2 atom stereocenters. The van der Waals surface area contributed by atoms with Crippen LogP contribution in [0.3, 0.4) is 0 Å². The predicted molar refractivity (Wildman–Crippen MR) is 80.2 cm³/mol. The second kappa shape index (κ2) is 5.38. The van der Waals surface area contributed by atoms with E-state index >= 15 is 0 Å². The molecule has 1 aromatic rings. The maximum atomic E-state index is 10.2. The summed E-state index contributed by atoms with van der Waals surface area (Å²) in [6.45, 7) is 7.26. The number of ether oxygens (including phenoxy) is 1. The second-order valence-electron chi connectivity index (χ2n) is 6.33. The van der Waals surface area contributed by atoms with Crippen LogP contribution in [0.15, 0.2) is 12.1 Å². The van der Waals surface area contributed by atoms with Gasteiger partial charge in [0.05, 0.1) is 6.10 Å². The van der Waals surface area contributed by atoms with Crippen LogP contribution in [0, 0.1) is 6.92 Å². The SMILES string of the molecule is CCOC1CC(NC2CC(C)c3c(C)ccc(O)c32)C1. The average molecular weight is 275 g/mol. The molecular formula is C17H25NO2. The number of benzene rings is 1. The highest BCUT2D eigenvalue weighted by Gasteiger charge is 2.37. The van der Waals surface area contributed by atoms with Crippen LogP contribution >= 0.6 is 0 Å². The fourth-order valence-corrected chi connectivity index (χ4v) is 3.85. The minimum absolute atomic E-state index is 0.299. The van der Waals surface area contributed by atoms with E-state index in [9.17, 15) is 5.11 Å². The van der Waals surface area contributed by atoms with E-state index in [1.54, 1.807) is 0 Å². The van der Waals surface area contributed by atoms with E-state index in [4.69, 9.17) is 4.74 Å². The molecule has 3 nitrogen and oxygen atoms in total. The number of aromatic hydroxyl groups is 1. The van der Waals surface area contributed by atoms with Crippen LogP contribution in [0.25, 0.3) is 0 Å². The molecule has 2 aliphatic carbocycles. The van der Waals surface area contributed by atoms with Crippen LogP contribution < -0.4 is 5.32 Å². The van der Waals surface area contributed by atoms with Crippen LogP contribution in [-0.4, -0.2) is 23.9 Å². The molecule has 0 spiro atoms. The number of aryl methyl sites for hydroxylation is 1. The van der Waals surface area contributed by atoms with Gasteiger partial charge in [0.1, 0.15) is 5.75 Å². The number of fused-ring (bicyclic) bond motifs is 1. The van der Waals surface area contributed by atoms with Gasteiger partial charge in [-0.15, -0.1) is 0 Å². The Kier molecular flexibility index (Phi) is 3.74. The Morgan fingerprint density at radius 2 is 2.00 bits per heavy atom. The summed E-state index contributed by atoms with van der Waals surface area (Å²) in [6, 6.07) is 4.70. The maximum Gasteiger partial charge on any atom is 0.120 e. The highest BCUT2D eigenvalue weighted by molar-refractivity contribution is 5.51. The smallest absolute Gasteiger partial charge is 0.120 e. The van der Waals surface area contributed by atoms with Gasteiger partial charge in [0.15, 0.2) is 0 Å². The van der Waals surface area contributed by atoms with E-state index < -0.39 is 0 Å². The summed E-state index contributed by atoms with van der Waals surface area (Å²) in [6.07, 6.45) is 3.71. The molecule has 2 aliphatic rings. The normalized spacial score (nSPS) is 31.9. The Balaban J connectivity index is 1.71. The number of phenolic OH excluding ortho intramolecular Hbond substituents is 1. The first kappa shape index (κ1) is 13.9. The van der Waals surface area contributed by atoms with E-state index in [2.05, 4.69) is 26.1 Å². The van der Waals surface area contributed by atoms with E-state index in [-0.39, 0.29) is 0 Å². The first-order valence-corrected chi connectivity index (χ1v) is 7.80. The van der Waals surface area contributed by atoms with Crippen molar-refractivity contribution in [2.45, 2.75) is 64.1 Å². The Labute approximate surface area is 121 Å². The Bertz CT molecular complexity index is 494. The van der Waals surface area contributed by atoms with Gasteiger partial charge in [-0.1, -0.05) is 13.0 Å². The monoisotopic (exact) mass is 275 g/mol. The van der Waals surface area contributed by atoms with Crippen LogP contribution in [0.2, 0.25) is 0 Å². The van der Waals surface area contributed by atoms with Gasteiger partial charge in [0.25, 0.3) is 0 Å². The third kappa shape index (κ3) is 2.33. The van der Waals surface area contributed by atoms with Crippen LogP contribution in [0.5, 0.6) is 5.75 Å². The number of nitrogens with one attached hydrogen (secondary N) is 1. The minimum Gasteiger partial charge on any atom is -0.508 e. The van der Waals surface area contributed by atoms with Crippen molar-refractivity contribution in [3.63, 3.8) is 0 Å². The van der Waals surface area contributed by atoms with E-state index in [0.717, 1.165) is 31.4 Å². The number of phenols is 1. The molecule has 0 bridgehead atoms. The molecule has 0 aromatic heterocycles. The molecule has 0 radical (unpaired) electrons. The number of rotatable bonds is 4. The van der Waals surface area contributed by atoms with Gasteiger partial charge < -0.3 is 15.2 Å². The van der Waals surface area contributed by atoms with Crippen LogP contribution in [0.1, 0.15) is 61.8 Å². The highest BCUT2D eigenvalue weighted by atomic mass is 16.5. The molecule has 0 saturated heterocycles. The van der Waals surface area contributed by atoms with Crippen LogP contribution in [0.4, 0.5) is 0 Å². The largest absolute Gasteiger partial charge is 0.508 e. The van der Waals surface area contributed by atoms with Gasteiger partial charge >= 0.3 is 0 Å². The molecule has 2 unspecified atom stereocenters. The zero-order valence-corrected chi connectivity index (χ0v) is 12.6. The van der Waals surface area contributed by atoms with Crippen molar-refractivity contribution >= 4 is 0 Å². The molecule has 2 N–H and O–H groups in total. The zero-order valence-electron chi connectivity index (χ0n) is 12.6. The molecule has 0 heterocycles. The lowest BCUT2D eigenvalue weighted by Gasteiger charge is -2.37. The molecular weight excluding hydrogens is 250 g/mol. The lowest BCUT2D eigenvalue weighted by Crippen LogP contribution is -2.46. The van der Waals surface area contributed by atoms with Gasteiger partial charge in [-0.25, -0.2) is 0 Å². The zero-order chi connectivity index (χ0) is 14.3. The molecule has 3 heteroatoms. The average Bonchev–Trinajstić information content (AvgIpc) is 2.70. The number of hydrogen-bond acceptors (Lipinski definition) is 3. The third-order valence-electron chi connectivity index (χ3n) is 4.85. The molecule has 1 aromatic carbocycles. The van der Waals surface area contributed by atoms with Gasteiger partial charge in [0, 0.05) is 24.3 Å². The van der Waals surface area contributed by atoms with E-state index in [1.807, 2.05) is 12.1 Å². The summed E-state index contributed by atoms with van der Waals surface area (Å²) in [5.74, 6) is 0.977. The molecule has 3 rings (SSSR count). The Morgan fingerprint density at radius 3 is 2.70 bits per heavy atom. The van der Waals surface area contributed by atoms with Crippen molar-refractivity contribution in [3.8, 4) is 5.75 Å². The maximum absolute atomic E-state index is 10.2. The third-order valence-corrected chi connectivity index (χ3v) is 4.85. The van der Waals surface area contributed by atoms with Crippen LogP contribution in [-0.2, 0) is 4.74 Å². The Morgan fingerprint density at radius 1 is 1.25 bits per heavy atom. The van der Waals surface area contributed by atoms with E-state index in [0.29, 0.717) is 29.9 Å². The van der Waals surface area contributed by atoms with Crippen molar-refractivity contribution in [2.75, 3.05) is 6.61 Å². The van der Waals surface area contributed by atoms with Gasteiger partial charge in [0.2, 0.25) is 0 Å². The fourth-order valence-electron chi connectivity index (χ4n) is 3.85. The van der Waals surface area contributed by atoms with Gasteiger partial charge in [-0.2, -0.15) is 0 Å². The topological polar surface area (TPSA) is 41.5 Å². The Hall–Kier alpha value is -1.06. The summed E-state index contributed by atoms with van der Waals surface area (Å²) >= 11 is 0. The molecule has 110 valence electrons. The molecule has 1 fully saturated rings. The quantitative estimate of drug-likeness (QED) is 0.885. The standard InChI is InChI=1S/C17H25NO2/c1-4-20-13-8-12(9-13)18-14-7-11(3)16-10(2)5-6-15(19)17(14)16/h5-6,11-14,18-19H,4,7-9H2,1-3H3. The summed E-state index contributed by atoms with van der Waals surface area (Å²) in [5, 5.41) is 13.9. The van der Waals surface area contributed by atoms with Crippen molar-refractivity contribution in [1.29, 1.82) is 0 Å². The highest BCUT2D eigenvalue weighted by Crippen LogP contribution is 2.46. The molecule has 20 heavy (non-hydrogen) atoms. The lowest BCUT2D eigenvalue weighted by atomic mass is 9.88.